The molecular weight excluding hydrogens is 234 g/mol. The number of nitrogens with zero attached hydrogens (tertiary/aromatic N) is 2. The first-order chi connectivity index (χ1) is 8.36. The Bertz CT molecular complexity index is 535. The predicted molar refractivity (Wildman–Crippen MR) is 71.8 cm³/mol. The van der Waals surface area contributed by atoms with Gasteiger partial charge in [-0.2, -0.15) is 0 Å². The fourth-order valence-electron chi connectivity index (χ4n) is 2.25. The summed E-state index contributed by atoms with van der Waals surface area (Å²) in [6.07, 6.45) is 1.79. The molecule has 1 saturated heterocycles. The van der Waals surface area contributed by atoms with Crippen LogP contribution in [0.3, 0.4) is 0 Å². The van der Waals surface area contributed by atoms with Gasteiger partial charge in [-0.3, -0.25) is 4.98 Å². The average Bonchev–Trinajstić information content (AvgIpc) is 2.40. The zero-order chi connectivity index (χ0) is 11.7. The van der Waals surface area contributed by atoms with E-state index >= 15 is 0 Å². The third kappa shape index (κ3) is 1.96. The highest BCUT2D eigenvalue weighted by atomic mass is 35.5. The van der Waals surface area contributed by atoms with Crippen molar-refractivity contribution in [2.24, 2.45) is 0 Å². The van der Waals surface area contributed by atoms with Gasteiger partial charge in [0.05, 0.1) is 16.2 Å². The molecule has 3 rings (SSSR count). The van der Waals surface area contributed by atoms with E-state index in [0.717, 1.165) is 47.8 Å². The molecule has 2 heterocycles. The fraction of sp³-hybridized carbons (Fsp3) is 0.308. The lowest BCUT2D eigenvalue weighted by Crippen LogP contribution is -2.43. The Labute approximate surface area is 105 Å². The van der Waals surface area contributed by atoms with Crippen LogP contribution in [0.25, 0.3) is 10.9 Å². The monoisotopic (exact) mass is 247 g/mol. The summed E-state index contributed by atoms with van der Waals surface area (Å²) in [6.45, 7) is 4.02. The van der Waals surface area contributed by atoms with E-state index in [-0.39, 0.29) is 0 Å². The van der Waals surface area contributed by atoms with E-state index in [0.29, 0.717) is 0 Å². The van der Waals surface area contributed by atoms with Gasteiger partial charge in [-0.05, 0) is 12.1 Å². The van der Waals surface area contributed by atoms with E-state index in [9.17, 15) is 0 Å². The number of nitrogens with one attached hydrogen (secondary N) is 1. The summed E-state index contributed by atoms with van der Waals surface area (Å²) in [7, 11) is 0. The molecule has 3 nitrogen and oxygen atoms in total. The molecule has 1 aromatic heterocycles. The molecular formula is C13H14ClN3. The summed E-state index contributed by atoms with van der Waals surface area (Å²) in [4.78, 5) is 6.67. The number of hydrogen-bond acceptors (Lipinski definition) is 3. The second-order valence-corrected chi connectivity index (χ2v) is 4.59. The van der Waals surface area contributed by atoms with E-state index in [4.69, 9.17) is 11.6 Å². The molecule has 0 saturated carbocycles. The van der Waals surface area contributed by atoms with Crippen molar-refractivity contribution in [1.82, 2.24) is 10.3 Å². The quantitative estimate of drug-likeness (QED) is 0.838. The maximum atomic E-state index is 6.45. The Morgan fingerprint density at radius 1 is 1.18 bits per heavy atom. The van der Waals surface area contributed by atoms with Crippen molar-refractivity contribution in [1.29, 1.82) is 0 Å². The molecule has 1 fully saturated rings. The minimum absolute atomic E-state index is 0.769. The predicted octanol–water partition coefficient (Wildman–Crippen LogP) is 2.30. The van der Waals surface area contributed by atoms with E-state index in [1.165, 1.54) is 0 Å². The normalized spacial score (nSPS) is 16.4. The molecule has 0 amide bonds. The van der Waals surface area contributed by atoms with Crippen molar-refractivity contribution in [3.63, 3.8) is 0 Å². The molecule has 0 radical (unpaired) electrons. The first kappa shape index (κ1) is 10.8. The molecule has 0 atom stereocenters. The summed E-state index contributed by atoms with van der Waals surface area (Å²) < 4.78 is 0. The van der Waals surface area contributed by atoms with E-state index in [1.54, 1.807) is 6.20 Å². The number of hydrogen-bond donors (Lipinski definition) is 1. The largest absolute Gasteiger partial charge is 0.368 e. The molecule has 4 heteroatoms. The maximum Gasteiger partial charge on any atom is 0.0909 e. The summed E-state index contributed by atoms with van der Waals surface area (Å²) in [5.41, 5.74) is 1.99. The Kier molecular flexibility index (Phi) is 2.87. The van der Waals surface area contributed by atoms with Crippen LogP contribution in [0.5, 0.6) is 0 Å². The highest BCUT2D eigenvalue weighted by Gasteiger charge is 2.15. The minimum atomic E-state index is 0.769. The number of benzene rings is 1. The molecule has 0 aliphatic carbocycles. The Balaban J connectivity index is 2.07. The number of aromatic nitrogens is 1. The lowest BCUT2D eigenvalue weighted by atomic mass is 10.1. The number of pyridine rings is 1. The zero-order valence-corrected chi connectivity index (χ0v) is 10.2. The summed E-state index contributed by atoms with van der Waals surface area (Å²) in [6, 6.07) is 8.15. The molecule has 2 aromatic rings. The second kappa shape index (κ2) is 4.51. The second-order valence-electron chi connectivity index (χ2n) is 4.21. The smallest absolute Gasteiger partial charge is 0.0909 e. The van der Waals surface area contributed by atoms with E-state index in [1.807, 2.05) is 12.1 Å². The van der Waals surface area contributed by atoms with Gasteiger partial charge in [-0.25, -0.2) is 0 Å². The van der Waals surface area contributed by atoms with Gasteiger partial charge in [-0.15, -0.1) is 0 Å². The summed E-state index contributed by atoms with van der Waals surface area (Å²) >= 11 is 6.45. The topological polar surface area (TPSA) is 28.2 Å². The van der Waals surface area contributed by atoms with Gasteiger partial charge in [0.1, 0.15) is 0 Å². The van der Waals surface area contributed by atoms with Crippen LogP contribution in [0.1, 0.15) is 0 Å². The van der Waals surface area contributed by atoms with E-state index < -0.39 is 0 Å². The van der Waals surface area contributed by atoms with Crippen LogP contribution in [-0.4, -0.2) is 31.2 Å². The Hall–Kier alpha value is -1.32. The fourth-order valence-corrected chi connectivity index (χ4v) is 2.59. The summed E-state index contributed by atoms with van der Waals surface area (Å²) in [5, 5.41) is 5.20. The van der Waals surface area contributed by atoms with Gasteiger partial charge in [0, 0.05) is 37.8 Å². The highest BCUT2D eigenvalue weighted by Crippen LogP contribution is 2.32. The Morgan fingerprint density at radius 2 is 2.00 bits per heavy atom. The van der Waals surface area contributed by atoms with E-state index in [2.05, 4.69) is 27.3 Å². The lowest BCUT2D eigenvalue weighted by molar-refractivity contribution is 0.589. The third-order valence-corrected chi connectivity index (χ3v) is 3.52. The van der Waals surface area contributed by atoms with Gasteiger partial charge in [0.15, 0.2) is 0 Å². The molecule has 17 heavy (non-hydrogen) atoms. The molecule has 1 aliphatic rings. The van der Waals surface area contributed by atoms with Gasteiger partial charge >= 0.3 is 0 Å². The van der Waals surface area contributed by atoms with Gasteiger partial charge < -0.3 is 10.2 Å². The first-order valence-corrected chi connectivity index (χ1v) is 6.23. The zero-order valence-electron chi connectivity index (χ0n) is 9.49. The minimum Gasteiger partial charge on any atom is -0.368 e. The third-order valence-electron chi connectivity index (χ3n) is 3.15. The number of fused-ring (bicyclic) bond motifs is 1. The number of piperazine rings is 1. The van der Waals surface area contributed by atoms with Crippen molar-refractivity contribution in [3.8, 4) is 0 Å². The van der Waals surface area contributed by atoms with Gasteiger partial charge in [0.2, 0.25) is 0 Å². The first-order valence-electron chi connectivity index (χ1n) is 5.85. The average molecular weight is 248 g/mol. The van der Waals surface area contributed by atoms with Crippen LogP contribution in [0.4, 0.5) is 5.69 Å². The van der Waals surface area contributed by atoms with Crippen molar-refractivity contribution in [3.05, 3.63) is 35.5 Å². The molecule has 1 N–H and O–H groups in total. The SMILES string of the molecule is Clc1c(N2CCNCC2)ccc2cccnc12. The molecule has 0 unspecified atom stereocenters. The van der Waals surface area contributed by atoms with Crippen molar-refractivity contribution in [2.45, 2.75) is 0 Å². The highest BCUT2D eigenvalue weighted by molar-refractivity contribution is 6.37. The molecule has 0 bridgehead atoms. The van der Waals surface area contributed by atoms with Crippen molar-refractivity contribution < 1.29 is 0 Å². The van der Waals surface area contributed by atoms with Crippen LogP contribution < -0.4 is 10.2 Å². The number of anilines is 1. The van der Waals surface area contributed by atoms with Gasteiger partial charge in [-0.1, -0.05) is 23.7 Å². The Morgan fingerprint density at radius 3 is 2.82 bits per heavy atom. The standard InChI is InChI=1S/C13H14ClN3/c14-12-11(17-8-6-15-7-9-17)4-3-10-2-1-5-16-13(10)12/h1-5,15H,6-9H2. The lowest BCUT2D eigenvalue weighted by Gasteiger charge is -2.30. The number of halogens is 1. The van der Waals surface area contributed by atoms with Crippen LogP contribution in [-0.2, 0) is 0 Å². The van der Waals surface area contributed by atoms with Crippen molar-refractivity contribution >= 4 is 28.2 Å². The van der Waals surface area contributed by atoms with Crippen LogP contribution in [0.2, 0.25) is 5.02 Å². The number of rotatable bonds is 1. The van der Waals surface area contributed by atoms with Crippen LogP contribution in [0, 0.1) is 0 Å². The molecule has 0 spiro atoms. The van der Waals surface area contributed by atoms with Crippen LogP contribution in [0.15, 0.2) is 30.5 Å². The molecule has 1 aliphatic heterocycles. The van der Waals surface area contributed by atoms with Crippen molar-refractivity contribution in [2.75, 3.05) is 31.1 Å². The maximum absolute atomic E-state index is 6.45. The molecule has 1 aromatic carbocycles. The molecule has 88 valence electrons. The summed E-state index contributed by atoms with van der Waals surface area (Å²) in [5.74, 6) is 0. The van der Waals surface area contributed by atoms with Gasteiger partial charge in [0.25, 0.3) is 0 Å². The van der Waals surface area contributed by atoms with Crippen LogP contribution >= 0.6 is 11.6 Å².